The van der Waals surface area contributed by atoms with E-state index in [0.717, 1.165) is 21.3 Å². The fourth-order valence-electron chi connectivity index (χ4n) is 4.68. The lowest BCUT2D eigenvalue weighted by molar-refractivity contribution is -0.120. The van der Waals surface area contributed by atoms with Crippen LogP contribution in [0.25, 0.3) is 0 Å². The highest BCUT2D eigenvalue weighted by Crippen LogP contribution is 2.51. The standard InChI is InChI=1S/C34H34N3O9P/c38-29-20-32(37-21-28(33(40)36-34(37)41)17-10-18-35-31(39)19-25-11-4-1-5-12-25)46-30(29)24-45-47(42,43-22-26-13-6-2-7-14-26)44-23-27-15-8-3-9-16-27/h1-9,11-16,21,29-30,32,38H,18-20,22-24H2,(H,35,39)(H,36,40,41)/t29-,30+,32+/m0/s1. The number of aromatic amines is 1. The summed E-state index contributed by atoms with van der Waals surface area (Å²) in [7, 11) is -4.14. The second-order valence-corrected chi connectivity index (χ2v) is 12.3. The molecule has 0 bridgehead atoms. The van der Waals surface area contributed by atoms with Crippen LogP contribution in [0.3, 0.4) is 0 Å². The Bertz CT molecular complexity index is 1810. The van der Waals surface area contributed by atoms with Gasteiger partial charge in [-0.3, -0.25) is 32.7 Å². The molecule has 1 amide bonds. The Morgan fingerprint density at radius 2 is 1.49 bits per heavy atom. The molecular formula is C34H34N3O9P. The number of hydrogen-bond donors (Lipinski definition) is 3. The molecule has 1 fully saturated rings. The SMILES string of the molecule is O=C(Cc1ccccc1)NCC#Cc1cn([C@H]2C[C@H](O)[C@@H](COP(=O)(OCc3ccccc3)OCc3ccccc3)O2)c(=O)[nH]c1=O. The van der Waals surface area contributed by atoms with E-state index in [4.69, 9.17) is 18.3 Å². The van der Waals surface area contributed by atoms with E-state index in [0.29, 0.717) is 0 Å². The first kappa shape index (κ1) is 33.8. The van der Waals surface area contributed by atoms with Crippen molar-refractivity contribution in [3.63, 3.8) is 0 Å². The highest BCUT2D eigenvalue weighted by Gasteiger charge is 2.38. The minimum Gasteiger partial charge on any atom is -0.390 e. The van der Waals surface area contributed by atoms with Gasteiger partial charge >= 0.3 is 13.5 Å². The minimum atomic E-state index is -4.14. The predicted molar refractivity (Wildman–Crippen MR) is 172 cm³/mol. The van der Waals surface area contributed by atoms with Crippen molar-refractivity contribution in [3.05, 3.63) is 140 Å². The second kappa shape index (κ2) is 16.3. The normalized spacial score (nSPS) is 17.5. The molecule has 1 aliphatic rings. The third-order valence-electron chi connectivity index (χ3n) is 7.15. The van der Waals surface area contributed by atoms with Crippen LogP contribution >= 0.6 is 7.82 Å². The minimum absolute atomic E-state index is 0.0129. The first-order valence-corrected chi connectivity index (χ1v) is 16.3. The van der Waals surface area contributed by atoms with E-state index in [2.05, 4.69) is 22.1 Å². The van der Waals surface area contributed by atoms with E-state index in [1.54, 1.807) is 24.3 Å². The molecule has 4 aromatic rings. The van der Waals surface area contributed by atoms with Crippen LogP contribution in [0.2, 0.25) is 0 Å². The monoisotopic (exact) mass is 659 g/mol. The molecule has 12 nitrogen and oxygen atoms in total. The van der Waals surface area contributed by atoms with Crippen LogP contribution < -0.4 is 16.6 Å². The lowest BCUT2D eigenvalue weighted by Gasteiger charge is -2.21. The van der Waals surface area contributed by atoms with Crippen molar-refractivity contribution >= 4 is 13.7 Å². The number of carbonyl (C=O) groups is 1. The average Bonchev–Trinajstić information content (AvgIpc) is 3.46. The molecule has 3 atom stereocenters. The number of aromatic nitrogens is 2. The van der Waals surface area contributed by atoms with Gasteiger partial charge < -0.3 is 15.2 Å². The molecule has 0 radical (unpaired) electrons. The Morgan fingerprint density at radius 3 is 2.09 bits per heavy atom. The third-order valence-corrected chi connectivity index (χ3v) is 8.50. The van der Waals surface area contributed by atoms with Gasteiger partial charge in [0.15, 0.2) is 0 Å². The maximum atomic E-state index is 13.6. The van der Waals surface area contributed by atoms with Crippen molar-refractivity contribution in [1.29, 1.82) is 0 Å². The van der Waals surface area contributed by atoms with Gasteiger partial charge in [0.05, 0.1) is 38.9 Å². The summed E-state index contributed by atoms with van der Waals surface area (Å²) in [5, 5.41) is 13.4. The van der Waals surface area contributed by atoms with E-state index in [-0.39, 0.29) is 50.7 Å². The van der Waals surface area contributed by atoms with E-state index in [1.807, 2.05) is 66.7 Å². The summed E-state index contributed by atoms with van der Waals surface area (Å²) in [5.74, 6) is 5.15. The number of nitrogens with one attached hydrogen (secondary N) is 2. The molecule has 47 heavy (non-hydrogen) atoms. The molecule has 3 aromatic carbocycles. The lowest BCUT2D eigenvalue weighted by Crippen LogP contribution is -2.34. The fraction of sp³-hybridized carbons (Fsp3) is 0.265. The molecule has 244 valence electrons. The van der Waals surface area contributed by atoms with Crippen LogP contribution in [0.15, 0.2) is 107 Å². The molecule has 2 heterocycles. The Labute approximate surface area is 270 Å². The van der Waals surface area contributed by atoms with Crippen LogP contribution in [-0.2, 0) is 47.3 Å². The predicted octanol–water partition coefficient (Wildman–Crippen LogP) is 3.45. The van der Waals surface area contributed by atoms with Crippen LogP contribution in [0.5, 0.6) is 0 Å². The summed E-state index contributed by atoms with van der Waals surface area (Å²) in [5.41, 5.74) is 0.850. The quantitative estimate of drug-likeness (QED) is 0.144. The molecular weight excluding hydrogens is 625 g/mol. The van der Waals surface area contributed by atoms with Crippen LogP contribution in [-0.4, -0.2) is 45.9 Å². The van der Waals surface area contributed by atoms with Crippen molar-refractivity contribution in [2.75, 3.05) is 13.2 Å². The van der Waals surface area contributed by atoms with Gasteiger partial charge in [-0.2, -0.15) is 0 Å². The van der Waals surface area contributed by atoms with Crippen molar-refractivity contribution in [2.24, 2.45) is 0 Å². The van der Waals surface area contributed by atoms with Gasteiger partial charge in [-0.25, -0.2) is 9.36 Å². The molecule has 0 spiro atoms. The number of ether oxygens (including phenoxy) is 1. The topological polar surface area (TPSA) is 158 Å². The Balaban J connectivity index is 1.20. The number of H-pyrrole nitrogens is 1. The van der Waals surface area contributed by atoms with Gasteiger partial charge in [-0.05, 0) is 16.7 Å². The van der Waals surface area contributed by atoms with Gasteiger partial charge in [-0.1, -0.05) is 103 Å². The Hall–Kier alpha value is -4.60. The van der Waals surface area contributed by atoms with Gasteiger partial charge in [0.2, 0.25) is 5.91 Å². The maximum Gasteiger partial charge on any atom is 0.475 e. The number of carbonyl (C=O) groups excluding carboxylic acids is 1. The van der Waals surface area contributed by atoms with Crippen molar-refractivity contribution in [1.82, 2.24) is 14.9 Å². The summed E-state index contributed by atoms with van der Waals surface area (Å²) in [6.07, 6.45) is -1.69. The number of nitrogens with zero attached hydrogens (tertiary/aromatic N) is 1. The number of aliphatic hydroxyl groups is 1. The third kappa shape index (κ3) is 9.94. The zero-order valence-electron chi connectivity index (χ0n) is 25.3. The zero-order chi connectivity index (χ0) is 33.1. The zero-order valence-corrected chi connectivity index (χ0v) is 26.2. The second-order valence-electron chi connectivity index (χ2n) is 10.6. The van der Waals surface area contributed by atoms with E-state index < -0.39 is 37.5 Å². The van der Waals surface area contributed by atoms with Gasteiger partial charge in [-0.15, -0.1) is 0 Å². The molecule has 0 aliphatic carbocycles. The van der Waals surface area contributed by atoms with E-state index in [9.17, 15) is 24.1 Å². The van der Waals surface area contributed by atoms with Crippen LogP contribution in [0, 0.1) is 11.8 Å². The van der Waals surface area contributed by atoms with E-state index >= 15 is 0 Å². The summed E-state index contributed by atoms with van der Waals surface area (Å²) in [4.78, 5) is 39.5. The van der Waals surface area contributed by atoms with Gasteiger partial charge in [0.1, 0.15) is 17.9 Å². The molecule has 0 unspecified atom stereocenters. The summed E-state index contributed by atoms with van der Waals surface area (Å²) in [6, 6.07) is 27.4. The molecule has 1 aliphatic heterocycles. The number of phosphoric acid groups is 1. The fourth-order valence-corrected chi connectivity index (χ4v) is 5.85. The van der Waals surface area contributed by atoms with Crippen LogP contribution in [0.4, 0.5) is 0 Å². The summed E-state index contributed by atoms with van der Waals surface area (Å²) >= 11 is 0. The molecule has 1 saturated heterocycles. The molecule has 3 N–H and O–H groups in total. The Morgan fingerprint density at radius 1 is 0.915 bits per heavy atom. The summed E-state index contributed by atoms with van der Waals surface area (Å²) in [6.45, 7) is -0.471. The molecule has 1 aromatic heterocycles. The van der Waals surface area contributed by atoms with Crippen molar-refractivity contribution in [2.45, 2.75) is 44.5 Å². The first-order chi connectivity index (χ1) is 22.8. The highest BCUT2D eigenvalue weighted by molar-refractivity contribution is 7.48. The van der Waals surface area contributed by atoms with Crippen molar-refractivity contribution < 1.29 is 32.8 Å². The number of benzene rings is 3. The van der Waals surface area contributed by atoms with Crippen molar-refractivity contribution in [3.8, 4) is 11.8 Å². The molecule has 13 heteroatoms. The number of hydrogen-bond acceptors (Lipinski definition) is 9. The summed E-state index contributed by atoms with van der Waals surface area (Å²) < 4.78 is 37.5. The first-order valence-electron chi connectivity index (χ1n) is 14.9. The van der Waals surface area contributed by atoms with Crippen LogP contribution in [0.1, 0.15) is 34.9 Å². The van der Waals surface area contributed by atoms with Gasteiger partial charge in [0, 0.05) is 12.6 Å². The molecule has 5 rings (SSSR count). The number of rotatable bonds is 13. The average molecular weight is 660 g/mol. The lowest BCUT2D eigenvalue weighted by atomic mass is 10.1. The molecule has 0 saturated carbocycles. The highest BCUT2D eigenvalue weighted by atomic mass is 31.2. The van der Waals surface area contributed by atoms with Gasteiger partial charge in [0.25, 0.3) is 5.56 Å². The number of amides is 1. The largest absolute Gasteiger partial charge is 0.475 e. The van der Waals surface area contributed by atoms with E-state index in [1.165, 1.54) is 6.20 Å². The maximum absolute atomic E-state index is 13.6. The smallest absolute Gasteiger partial charge is 0.390 e. The number of phosphoric ester groups is 1. The Kier molecular flexibility index (Phi) is 11.7. The number of aliphatic hydroxyl groups excluding tert-OH is 1.